The molecule has 132 valence electrons. The Hall–Kier alpha value is -2.93. The van der Waals surface area contributed by atoms with Gasteiger partial charge in [0, 0.05) is 21.9 Å². The van der Waals surface area contributed by atoms with E-state index in [0.29, 0.717) is 22.9 Å². The molecule has 4 rings (SSSR count). The number of hydrogen-bond donors (Lipinski definition) is 1. The topological polar surface area (TPSA) is 73.2 Å². The molecular weight excluding hydrogens is 350 g/mol. The van der Waals surface area contributed by atoms with Crippen molar-refractivity contribution in [2.45, 2.75) is 11.5 Å². The van der Waals surface area contributed by atoms with Crippen molar-refractivity contribution in [2.24, 2.45) is 0 Å². The smallest absolute Gasteiger partial charge is 0.256 e. The lowest BCUT2D eigenvalue weighted by molar-refractivity contribution is 0.102. The summed E-state index contributed by atoms with van der Waals surface area (Å²) in [6, 6.07) is 16.4. The molecule has 0 radical (unpaired) electrons. The van der Waals surface area contributed by atoms with Crippen LogP contribution in [0.2, 0.25) is 0 Å². The zero-order chi connectivity index (χ0) is 18.1. The van der Waals surface area contributed by atoms with Gasteiger partial charge in [-0.15, -0.1) is 0 Å². The van der Waals surface area contributed by atoms with Crippen LogP contribution in [0.3, 0.4) is 0 Å². The molecule has 0 bridgehead atoms. The van der Waals surface area contributed by atoms with Gasteiger partial charge in [0.15, 0.2) is 0 Å². The molecule has 2 heterocycles. The minimum Gasteiger partial charge on any atom is -0.497 e. The summed E-state index contributed by atoms with van der Waals surface area (Å²) < 4.78 is 18.8. The van der Waals surface area contributed by atoms with Crippen LogP contribution in [0.4, 0.5) is 5.82 Å². The van der Waals surface area contributed by atoms with Crippen LogP contribution in [0, 0.1) is 0 Å². The molecule has 2 aromatic carbocycles. The maximum Gasteiger partial charge on any atom is 0.256 e. The Balaban J connectivity index is 1.74. The number of anilines is 1. The van der Waals surface area contributed by atoms with Crippen molar-refractivity contribution in [3.63, 3.8) is 0 Å². The molecule has 6 nitrogen and oxygen atoms in total. The summed E-state index contributed by atoms with van der Waals surface area (Å²) in [4.78, 5) is 12.6. The van der Waals surface area contributed by atoms with E-state index in [-0.39, 0.29) is 5.91 Å². The first kappa shape index (κ1) is 16.5. The highest BCUT2D eigenvalue weighted by atomic mass is 32.2. The average molecular weight is 367 g/mol. The van der Waals surface area contributed by atoms with Crippen molar-refractivity contribution in [3.05, 3.63) is 71.4 Å². The zero-order valence-electron chi connectivity index (χ0n) is 14.1. The molecule has 0 saturated heterocycles. The Morgan fingerprint density at radius 1 is 1.12 bits per heavy atom. The number of fused-ring (bicyclic) bond motifs is 1. The van der Waals surface area contributed by atoms with Gasteiger partial charge in [-0.2, -0.15) is 5.10 Å². The highest BCUT2D eigenvalue weighted by molar-refractivity contribution is 7.83. The van der Waals surface area contributed by atoms with Gasteiger partial charge in [0.25, 0.3) is 5.91 Å². The third kappa shape index (κ3) is 3.01. The molecule has 1 aromatic heterocycles. The minimum absolute atomic E-state index is 0.222. The summed E-state index contributed by atoms with van der Waals surface area (Å²) in [6.45, 7) is 0. The van der Waals surface area contributed by atoms with Crippen LogP contribution >= 0.6 is 0 Å². The molecule has 7 heteroatoms. The number of methoxy groups -OCH3 is 1. The van der Waals surface area contributed by atoms with Crippen LogP contribution in [0.25, 0.3) is 5.69 Å². The molecule has 26 heavy (non-hydrogen) atoms. The molecule has 3 aromatic rings. The maximum absolute atomic E-state index is 12.6. The Morgan fingerprint density at radius 3 is 2.54 bits per heavy atom. The van der Waals surface area contributed by atoms with Crippen molar-refractivity contribution in [3.8, 4) is 11.4 Å². The number of nitrogens with one attached hydrogen (secondary N) is 1. The average Bonchev–Trinajstić information content (AvgIpc) is 3.19. The van der Waals surface area contributed by atoms with E-state index in [2.05, 4.69) is 10.4 Å². The van der Waals surface area contributed by atoms with Crippen LogP contribution in [0.1, 0.15) is 21.6 Å². The van der Waals surface area contributed by atoms with E-state index in [1.165, 1.54) is 0 Å². The van der Waals surface area contributed by atoms with Crippen molar-refractivity contribution < 1.29 is 13.7 Å². The van der Waals surface area contributed by atoms with E-state index in [0.717, 1.165) is 22.7 Å². The predicted octanol–water partition coefficient (Wildman–Crippen LogP) is 2.90. The summed E-state index contributed by atoms with van der Waals surface area (Å²) in [5.74, 6) is 1.90. The van der Waals surface area contributed by atoms with Crippen molar-refractivity contribution in [1.29, 1.82) is 0 Å². The van der Waals surface area contributed by atoms with Crippen molar-refractivity contribution >= 4 is 22.5 Å². The van der Waals surface area contributed by atoms with E-state index in [1.807, 2.05) is 42.5 Å². The van der Waals surface area contributed by atoms with Gasteiger partial charge < -0.3 is 10.1 Å². The van der Waals surface area contributed by atoms with Crippen LogP contribution in [0.5, 0.6) is 5.75 Å². The quantitative estimate of drug-likeness (QED) is 0.770. The number of carbonyl (C=O) groups excluding carboxylic acids is 1. The largest absolute Gasteiger partial charge is 0.497 e. The van der Waals surface area contributed by atoms with Crippen molar-refractivity contribution in [1.82, 2.24) is 9.78 Å². The molecule has 1 atom stereocenters. The van der Waals surface area contributed by atoms with E-state index in [1.54, 1.807) is 23.9 Å². The lowest BCUT2D eigenvalue weighted by Crippen LogP contribution is -2.16. The SMILES string of the molecule is COc1ccc(-n2nc3c(c2NC(=O)c2ccccc2)C[S@@](=O)C3)cc1. The summed E-state index contributed by atoms with van der Waals surface area (Å²) in [6.07, 6.45) is 0. The van der Waals surface area contributed by atoms with E-state index in [4.69, 9.17) is 4.74 Å². The van der Waals surface area contributed by atoms with Gasteiger partial charge in [0.05, 0.1) is 30.0 Å². The number of hydrogen-bond acceptors (Lipinski definition) is 4. The van der Waals surface area contributed by atoms with Crippen LogP contribution in [-0.4, -0.2) is 27.0 Å². The monoisotopic (exact) mass is 367 g/mol. The van der Waals surface area contributed by atoms with Crippen LogP contribution < -0.4 is 10.1 Å². The highest BCUT2D eigenvalue weighted by Crippen LogP contribution is 2.32. The number of carbonyl (C=O) groups is 1. The molecule has 1 aliphatic rings. The van der Waals surface area contributed by atoms with Gasteiger partial charge in [-0.05, 0) is 36.4 Å². The number of benzene rings is 2. The standard InChI is InChI=1S/C19H17N3O3S/c1-25-15-9-7-14(8-10-15)22-18(16-11-26(24)12-17(16)21-22)20-19(23)13-5-3-2-4-6-13/h2-10H,11-12H2,1H3,(H,20,23)/t26-/m1/s1. The Bertz CT molecular complexity index is 981. The fourth-order valence-corrected chi connectivity index (χ4v) is 4.20. The third-order valence-corrected chi connectivity index (χ3v) is 5.46. The fourth-order valence-electron chi connectivity index (χ4n) is 2.94. The lowest BCUT2D eigenvalue weighted by atomic mass is 10.2. The first-order valence-electron chi connectivity index (χ1n) is 8.12. The molecule has 0 saturated carbocycles. The van der Waals surface area contributed by atoms with E-state index in [9.17, 15) is 9.00 Å². The molecule has 1 aliphatic heterocycles. The minimum atomic E-state index is -0.975. The maximum atomic E-state index is 12.6. The highest BCUT2D eigenvalue weighted by Gasteiger charge is 2.28. The zero-order valence-corrected chi connectivity index (χ0v) is 15.0. The summed E-state index contributed by atoms with van der Waals surface area (Å²) in [5.41, 5.74) is 2.96. The second kappa shape index (κ2) is 6.76. The molecule has 1 amide bonds. The van der Waals surface area contributed by atoms with Crippen molar-refractivity contribution in [2.75, 3.05) is 12.4 Å². The number of nitrogens with zero attached hydrogens (tertiary/aromatic N) is 2. The van der Waals surface area contributed by atoms with Crippen LogP contribution in [0.15, 0.2) is 54.6 Å². The van der Waals surface area contributed by atoms with Gasteiger partial charge in [-0.1, -0.05) is 18.2 Å². The lowest BCUT2D eigenvalue weighted by Gasteiger charge is -2.11. The number of amides is 1. The number of rotatable bonds is 4. The normalized spacial score (nSPS) is 15.5. The second-order valence-electron chi connectivity index (χ2n) is 5.93. The molecule has 0 fully saturated rings. The summed E-state index contributed by atoms with van der Waals surface area (Å²) in [5, 5.41) is 7.53. The Morgan fingerprint density at radius 2 is 1.85 bits per heavy atom. The first-order chi connectivity index (χ1) is 12.7. The van der Waals surface area contributed by atoms with Gasteiger partial charge >= 0.3 is 0 Å². The Kier molecular flexibility index (Phi) is 4.30. The molecule has 0 spiro atoms. The molecular formula is C19H17N3O3S. The number of aromatic nitrogens is 2. The van der Waals surface area contributed by atoms with Gasteiger partial charge in [-0.3, -0.25) is 9.00 Å². The second-order valence-corrected chi connectivity index (χ2v) is 7.39. The summed E-state index contributed by atoms with van der Waals surface area (Å²) >= 11 is 0. The summed E-state index contributed by atoms with van der Waals surface area (Å²) in [7, 11) is 0.635. The molecule has 0 aliphatic carbocycles. The van der Waals surface area contributed by atoms with Crippen LogP contribution in [-0.2, 0) is 22.3 Å². The van der Waals surface area contributed by atoms with E-state index >= 15 is 0 Å². The van der Waals surface area contributed by atoms with Gasteiger partial charge in [-0.25, -0.2) is 4.68 Å². The molecule has 1 N–H and O–H groups in total. The predicted molar refractivity (Wildman–Crippen MR) is 100 cm³/mol. The third-order valence-electron chi connectivity index (χ3n) is 4.25. The molecule has 0 unspecified atom stereocenters. The fraction of sp³-hybridized carbons (Fsp3) is 0.158. The first-order valence-corrected chi connectivity index (χ1v) is 9.61. The Labute approximate surface area is 153 Å². The number of ether oxygens (including phenoxy) is 1. The van der Waals surface area contributed by atoms with E-state index < -0.39 is 10.8 Å². The van der Waals surface area contributed by atoms with Gasteiger partial charge in [0.2, 0.25) is 0 Å². The van der Waals surface area contributed by atoms with Gasteiger partial charge in [0.1, 0.15) is 11.6 Å².